The number of thioether (sulfide) groups is 1. The smallest absolute Gasteiger partial charge is 0.0106 e. The summed E-state index contributed by atoms with van der Waals surface area (Å²) in [5.41, 5.74) is 0. The van der Waals surface area contributed by atoms with E-state index in [-0.39, 0.29) is 0 Å². The first-order valence-electron chi connectivity index (χ1n) is 5.46. The van der Waals surface area contributed by atoms with E-state index in [2.05, 4.69) is 41.0 Å². The fourth-order valence-electron chi connectivity index (χ4n) is 1.27. The van der Waals surface area contributed by atoms with Crippen LogP contribution in [0.3, 0.4) is 0 Å². The van der Waals surface area contributed by atoms with E-state index in [1.807, 2.05) is 18.8 Å². The Morgan fingerprint density at radius 1 is 1.07 bits per heavy atom. The van der Waals surface area contributed by atoms with Gasteiger partial charge in [0.25, 0.3) is 0 Å². The summed E-state index contributed by atoms with van der Waals surface area (Å²) < 4.78 is 0. The van der Waals surface area contributed by atoms with Crippen molar-refractivity contribution < 1.29 is 0 Å². The van der Waals surface area contributed by atoms with Crippen LogP contribution in [0.4, 0.5) is 0 Å². The summed E-state index contributed by atoms with van der Waals surface area (Å²) in [6.45, 7) is 3.29. The molecular weight excluding hydrogens is 204 g/mol. The van der Waals surface area contributed by atoms with E-state index in [1.54, 1.807) is 0 Å². The Balaban J connectivity index is 1.93. The summed E-state index contributed by atoms with van der Waals surface area (Å²) in [4.78, 5) is 1.36. The summed E-state index contributed by atoms with van der Waals surface area (Å²) in [7, 11) is 1.99. The highest BCUT2D eigenvalue weighted by atomic mass is 32.2. The molecular formula is C12H20N2S. The average Bonchev–Trinajstić information content (AvgIpc) is 2.29. The lowest BCUT2D eigenvalue weighted by Gasteiger charge is -2.04. The van der Waals surface area contributed by atoms with Crippen LogP contribution in [0.15, 0.2) is 35.2 Å². The molecule has 0 heterocycles. The van der Waals surface area contributed by atoms with Gasteiger partial charge in [-0.05, 0) is 38.7 Å². The Bertz CT molecular complexity index is 239. The highest BCUT2D eigenvalue weighted by Gasteiger charge is 1.91. The highest BCUT2D eigenvalue weighted by molar-refractivity contribution is 7.99. The molecule has 0 atom stereocenters. The van der Waals surface area contributed by atoms with Crippen molar-refractivity contribution in [3.05, 3.63) is 30.3 Å². The molecule has 0 aliphatic carbocycles. The quantitative estimate of drug-likeness (QED) is 0.521. The lowest BCUT2D eigenvalue weighted by Crippen LogP contribution is -2.21. The summed E-state index contributed by atoms with van der Waals surface area (Å²) >= 11 is 1.91. The van der Waals surface area contributed by atoms with Crippen molar-refractivity contribution in [2.24, 2.45) is 0 Å². The molecule has 15 heavy (non-hydrogen) atoms. The Morgan fingerprint density at radius 3 is 2.60 bits per heavy atom. The van der Waals surface area contributed by atoms with Gasteiger partial charge in [0.15, 0.2) is 0 Å². The molecule has 0 aliphatic heterocycles. The molecule has 0 saturated carbocycles. The van der Waals surface area contributed by atoms with Crippen molar-refractivity contribution in [1.82, 2.24) is 10.6 Å². The molecule has 0 saturated heterocycles. The predicted octanol–water partition coefficient (Wildman–Crippen LogP) is 1.98. The molecule has 0 amide bonds. The van der Waals surface area contributed by atoms with Crippen molar-refractivity contribution in [3.63, 3.8) is 0 Å². The van der Waals surface area contributed by atoms with Crippen LogP contribution in [0.5, 0.6) is 0 Å². The molecule has 0 fully saturated rings. The van der Waals surface area contributed by atoms with E-state index in [0.29, 0.717) is 0 Å². The van der Waals surface area contributed by atoms with E-state index in [9.17, 15) is 0 Å². The van der Waals surface area contributed by atoms with Crippen LogP contribution in [0, 0.1) is 0 Å². The van der Waals surface area contributed by atoms with Crippen LogP contribution in [0.2, 0.25) is 0 Å². The number of rotatable bonds is 8. The van der Waals surface area contributed by atoms with E-state index >= 15 is 0 Å². The molecule has 0 bridgehead atoms. The molecule has 0 aliphatic rings. The monoisotopic (exact) mass is 224 g/mol. The zero-order chi connectivity index (χ0) is 10.8. The Labute approximate surface area is 96.8 Å². The van der Waals surface area contributed by atoms with Crippen LogP contribution < -0.4 is 10.6 Å². The molecule has 2 N–H and O–H groups in total. The van der Waals surface area contributed by atoms with Crippen LogP contribution in [0.25, 0.3) is 0 Å². The first-order chi connectivity index (χ1) is 7.43. The minimum Gasteiger partial charge on any atom is -0.320 e. The van der Waals surface area contributed by atoms with Crippen molar-refractivity contribution in [3.8, 4) is 0 Å². The zero-order valence-electron chi connectivity index (χ0n) is 9.33. The topological polar surface area (TPSA) is 24.1 Å². The van der Waals surface area contributed by atoms with Crippen molar-refractivity contribution in [2.75, 3.05) is 32.4 Å². The Hall–Kier alpha value is -0.510. The van der Waals surface area contributed by atoms with Crippen LogP contribution in [-0.4, -0.2) is 32.4 Å². The maximum Gasteiger partial charge on any atom is 0.0106 e. The third kappa shape index (κ3) is 6.55. The molecule has 0 spiro atoms. The van der Waals surface area contributed by atoms with Crippen molar-refractivity contribution >= 4 is 11.8 Å². The van der Waals surface area contributed by atoms with Gasteiger partial charge in [0.2, 0.25) is 0 Å². The van der Waals surface area contributed by atoms with Gasteiger partial charge >= 0.3 is 0 Å². The number of hydrogen-bond acceptors (Lipinski definition) is 3. The third-order valence-electron chi connectivity index (χ3n) is 2.07. The van der Waals surface area contributed by atoms with Gasteiger partial charge in [0.05, 0.1) is 0 Å². The normalized spacial score (nSPS) is 10.5. The van der Waals surface area contributed by atoms with Gasteiger partial charge in [-0.1, -0.05) is 18.2 Å². The number of nitrogens with one attached hydrogen (secondary N) is 2. The third-order valence-corrected chi connectivity index (χ3v) is 3.08. The largest absolute Gasteiger partial charge is 0.320 e. The summed E-state index contributed by atoms with van der Waals surface area (Å²) in [6.07, 6.45) is 1.20. The van der Waals surface area contributed by atoms with E-state index < -0.39 is 0 Å². The van der Waals surface area contributed by atoms with Gasteiger partial charge in [-0.15, -0.1) is 11.8 Å². The fourth-order valence-corrected chi connectivity index (χ4v) is 2.10. The predicted molar refractivity (Wildman–Crippen MR) is 68.6 cm³/mol. The molecule has 0 aromatic heterocycles. The number of benzene rings is 1. The van der Waals surface area contributed by atoms with E-state index in [1.165, 1.54) is 11.3 Å². The van der Waals surface area contributed by atoms with Gasteiger partial charge in [-0.25, -0.2) is 0 Å². The fraction of sp³-hybridized carbons (Fsp3) is 0.500. The molecule has 0 radical (unpaired) electrons. The molecule has 84 valence electrons. The summed E-state index contributed by atoms with van der Waals surface area (Å²) in [6, 6.07) is 10.5. The highest BCUT2D eigenvalue weighted by Crippen LogP contribution is 2.15. The minimum absolute atomic E-state index is 1.09. The first kappa shape index (κ1) is 12.6. The summed E-state index contributed by atoms with van der Waals surface area (Å²) in [5.74, 6) is 1.14. The second-order valence-corrected chi connectivity index (χ2v) is 4.54. The van der Waals surface area contributed by atoms with Gasteiger partial charge in [-0.2, -0.15) is 0 Å². The lowest BCUT2D eigenvalue weighted by atomic mass is 10.4. The molecule has 0 unspecified atom stereocenters. The maximum atomic E-state index is 3.43. The van der Waals surface area contributed by atoms with E-state index in [0.717, 1.165) is 25.4 Å². The molecule has 1 aromatic carbocycles. The van der Waals surface area contributed by atoms with Gasteiger partial charge in [0.1, 0.15) is 0 Å². The average molecular weight is 224 g/mol. The van der Waals surface area contributed by atoms with Gasteiger partial charge in [-0.3, -0.25) is 0 Å². The zero-order valence-corrected chi connectivity index (χ0v) is 10.1. The second kappa shape index (κ2) is 8.77. The molecule has 3 heteroatoms. The van der Waals surface area contributed by atoms with Crippen LogP contribution in [0.1, 0.15) is 6.42 Å². The molecule has 1 rings (SSSR count). The van der Waals surface area contributed by atoms with Gasteiger partial charge < -0.3 is 10.6 Å². The molecule has 2 nitrogen and oxygen atoms in total. The van der Waals surface area contributed by atoms with Gasteiger partial charge in [0, 0.05) is 17.2 Å². The minimum atomic E-state index is 1.09. The maximum absolute atomic E-state index is 3.43. The lowest BCUT2D eigenvalue weighted by molar-refractivity contribution is 0.645. The molecule has 1 aromatic rings. The number of hydrogen-bond donors (Lipinski definition) is 2. The van der Waals surface area contributed by atoms with Crippen LogP contribution in [-0.2, 0) is 0 Å². The van der Waals surface area contributed by atoms with Crippen molar-refractivity contribution in [2.45, 2.75) is 11.3 Å². The first-order valence-corrected chi connectivity index (χ1v) is 6.45. The van der Waals surface area contributed by atoms with Crippen molar-refractivity contribution in [1.29, 1.82) is 0 Å². The SMILES string of the molecule is CNCCCNCCSc1ccccc1. The Kier molecular flexibility index (Phi) is 7.34. The van der Waals surface area contributed by atoms with Crippen LogP contribution >= 0.6 is 11.8 Å². The standard InChI is InChI=1S/C12H20N2S/c1-13-8-5-9-14-10-11-15-12-6-3-2-4-7-12/h2-4,6-7,13-14H,5,8-11H2,1H3. The van der Waals surface area contributed by atoms with E-state index in [4.69, 9.17) is 0 Å². The second-order valence-electron chi connectivity index (χ2n) is 3.37. The summed E-state index contributed by atoms with van der Waals surface area (Å²) in [5, 5.41) is 6.57. The Morgan fingerprint density at radius 2 is 1.87 bits per heavy atom.